The topological polar surface area (TPSA) is 35.5 Å². The molecule has 1 heterocycles. The van der Waals surface area contributed by atoms with Gasteiger partial charge < -0.3 is 9.31 Å². The van der Waals surface area contributed by atoms with Crippen LogP contribution < -0.4 is 5.46 Å². The molecule has 0 bridgehead atoms. The molecule has 19 heavy (non-hydrogen) atoms. The number of benzene rings is 1. The Balaban J connectivity index is 2.39. The molecule has 0 amide bonds. The van der Waals surface area contributed by atoms with Crippen LogP contribution in [0.4, 0.5) is 4.39 Å². The Bertz CT molecular complexity index is 509. The van der Waals surface area contributed by atoms with Gasteiger partial charge in [-0.15, -0.1) is 0 Å². The molecule has 102 valence electrons. The molecule has 2 rings (SSSR count). The fourth-order valence-corrected chi connectivity index (χ4v) is 1.91. The van der Waals surface area contributed by atoms with Crippen LogP contribution >= 0.6 is 0 Å². The van der Waals surface area contributed by atoms with Crippen LogP contribution in [0.5, 0.6) is 0 Å². The average Bonchev–Trinajstić information content (AvgIpc) is 2.48. The average molecular weight is 264 g/mol. The Kier molecular flexibility index (Phi) is 3.31. The highest BCUT2D eigenvalue weighted by Crippen LogP contribution is 2.36. The van der Waals surface area contributed by atoms with E-state index >= 15 is 0 Å². The second-order valence-corrected chi connectivity index (χ2v) is 5.88. The number of hydrogen-bond donors (Lipinski definition) is 0. The minimum atomic E-state index is -0.788. The van der Waals surface area contributed by atoms with Crippen molar-refractivity contribution in [2.45, 2.75) is 45.8 Å². The molecule has 3 nitrogen and oxygen atoms in total. The van der Waals surface area contributed by atoms with Crippen molar-refractivity contribution in [2.75, 3.05) is 0 Å². The number of carbonyl (C=O) groups is 1. The van der Waals surface area contributed by atoms with Gasteiger partial charge in [0.1, 0.15) is 5.82 Å². The summed E-state index contributed by atoms with van der Waals surface area (Å²) in [5.74, 6) is -0.540. The van der Waals surface area contributed by atoms with Crippen LogP contribution in [0.3, 0.4) is 0 Å². The molecule has 1 aliphatic rings. The number of hydrogen-bond acceptors (Lipinski definition) is 3. The van der Waals surface area contributed by atoms with Crippen molar-refractivity contribution in [1.29, 1.82) is 0 Å². The molecule has 0 N–H and O–H groups in total. The van der Waals surface area contributed by atoms with Gasteiger partial charge >= 0.3 is 7.12 Å². The van der Waals surface area contributed by atoms with E-state index < -0.39 is 24.1 Å². The van der Waals surface area contributed by atoms with E-state index in [9.17, 15) is 9.18 Å². The predicted octanol–water partition coefficient (Wildman–Crippen LogP) is 2.33. The first kappa shape index (κ1) is 14.2. The molecule has 0 unspecified atom stereocenters. The summed E-state index contributed by atoms with van der Waals surface area (Å²) in [6.07, 6.45) is 0. The molecule has 1 aromatic carbocycles. The minimum Gasteiger partial charge on any atom is -0.399 e. The van der Waals surface area contributed by atoms with Gasteiger partial charge in [-0.05, 0) is 52.8 Å². The van der Waals surface area contributed by atoms with Crippen molar-refractivity contribution >= 4 is 18.4 Å². The first-order valence-electron chi connectivity index (χ1n) is 6.30. The van der Waals surface area contributed by atoms with Crippen LogP contribution in [0.2, 0.25) is 0 Å². The summed E-state index contributed by atoms with van der Waals surface area (Å²) in [6, 6.07) is 4.24. The number of Topliss-reactive ketones (excluding diaryl/α,β-unsaturated/α-hetero) is 1. The highest BCUT2D eigenvalue weighted by molar-refractivity contribution is 6.62. The predicted molar refractivity (Wildman–Crippen MR) is 72.1 cm³/mol. The molecule has 0 spiro atoms. The van der Waals surface area contributed by atoms with Gasteiger partial charge in [-0.3, -0.25) is 4.79 Å². The summed E-state index contributed by atoms with van der Waals surface area (Å²) in [5, 5.41) is 0. The second-order valence-electron chi connectivity index (χ2n) is 5.88. The Morgan fingerprint density at radius 1 is 1.16 bits per heavy atom. The highest BCUT2D eigenvalue weighted by atomic mass is 19.1. The molecular weight excluding hydrogens is 246 g/mol. The van der Waals surface area contributed by atoms with E-state index in [1.54, 1.807) is 0 Å². The summed E-state index contributed by atoms with van der Waals surface area (Å²) >= 11 is 0. The summed E-state index contributed by atoms with van der Waals surface area (Å²) in [7, 11) is -0.788. The van der Waals surface area contributed by atoms with Crippen LogP contribution in [0.25, 0.3) is 0 Å². The van der Waals surface area contributed by atoms with Gasteiger partial charge in [0.15, 0.2) is 5.78 Å². The van der Waals surface area contributed by atoms with E-state index in [1.165, 1.54) is 25.1 Å². The lowest BCUT2D eigenvalue weighted by atomic mass is 9.77. The third kappa shape index (κ3) is 2.45. The number of carbonyl (C=O) groups excluding carboxylic acids is 1. The van der Waals surface area contributed by atoms with Crippen LogP contribution in [0, 0.1) is 5.82 Å². The molecule has 0 saturated carbocycles. The standard InChI is InChI=1S/C14H18BFO3/c1-9(17)10-6-7-12(16)11(8-10)15-18-13(2,3)14(4,5)19-15/h6-8H,1-5H3. The second kappa shape index (κ2) is 4.42. The fraction of sp³-hybridized carbons (Fsp3) is 0.500. The molecular formula is C14H18BFO3. The Morgan fingerprint density at radius 3 is 2.16 bits per heavy atom. The van der Waals surface area contributed by atoms with Gasteiger partial charge in [-0.1, -0.05) is 0 Å². The number of ketones is 1. The molecule has 5 heteroatoms. The van der Waals surface area contributed by atoms with Crippen LogP contribution in [-0.4, -0.2) is 24.1 Å². The lowest BCUT2D eigenvalue weighted by Crippen LogP contribution is -2.41. The van der Waals surface area contributed by atoms with Crippen LogP contribution in [0.15, 0.2) is 18.2 Å². The van der Waals surface area contributed by atoms with E-state index in [0.29, 0.717) is 5.56 Å². The zero-order chi connectivity index (χ0) is 14.4. The minimum absolute atomic E-state index is 0.113. The van der Waals surface area contributed by atoms with Gasteiger partial charge in [0.25, 0.3) is 0 Å². The van der Waals surface area contributed by atoms with Gasteiger partial charge in [0, 0.05) is 11.0 Å². The SMILES string of the molecule is CC(=O)c1ccc(F)c(B2OC(C)(C)C(C)(C)O2)c1. The molecule has 1 aliphatic heterocycles. The Labute approximate surface area is 113 Å². The maximum Gasteiger partial charge on any atom is 0.497 e. The maximum atomic E-state index is 13.9. The third-order valence-electron chi connectivity index (χ3n) is 3.91. The van der Waals surface area contributed by atoms with Crippen molar-refractivity contribution in [2.24, 2.45) is 0 Å². The van der Waals surface area contributed by atoms with Crippen molar-refractivity contribution in [1.82, 2.24) is 0 Å². The van der Waals surface area contributed by atoms with E-state index in [1.807, 2.05) is 27.7 Å². The van der Waals surface area contributed by atoms with Crippen molar-refractivity contribution in [3.63, 3.8) is 0 Å². The summed E-state index contributed by atoms with van der Waals surface area (Å²) in [4.78, 5) is 11.4. The van der Waals surface area contributed by atoms with Gasteiger partial charge in [-0.2, -0.15) is 0 Å². The summed E-state index contributed by atoms with van der Waals surface area (Å²) in [5.41, 5.74) is -0.343. The first-order valence-corrected chi connectivity index (χ1v) is 6.30. The van der Waals surface area contributed by atoms with E-state index in [4.69, 9.17) is 9.31 Å². The monoisotopic (exact) mass is 264 g/mol. The lowest BCUT2D eigenvalue weighted by Gasteiger charge is -2.32. The van der Waals surface area contributed by atoms with Crippen molar-refractivity contribution in [3.05, 3.63) is 29.6 Å². The quantitative estimate of drug-likeness (QED) is 0.607. The largest absolute Gasteiger partial charge is 0.497 e. The maximum absolute atomic E-state index is 13.9. The molecule has 0 aliphatic carbocycles. The zero-order valence-corrected chi connectivity index (χ0v) is 11.9. The summed E-state index contributed by atoms with van der Waals surface area (Å²) < 4.78 is 25.5. The molecule has 0 radical (unpaired) electrons. The fourth-order valence-electron chi connectivity index (χ4n) is 1.91. The smallest absolute Gasteiger partial charge is 0.399 e. The van der Waals surface area contributed by atoms with E-state index in [2.05, 4.69) is 0 Å². The molecule has 1 saturated heterocycles. The zero-order valence-electron chi connectivity index (χ0n) is 11.9. The number of halogens is 1. The molecule has 1 fully saturated rings. The lowest BCUT2D eigenvalue weighted by molar-refractivity contribution is 0.00578. The number of rotatable bonds is 2. The molecule has 0 atom stereocenters. The molecule has 0 aromatic heterocycles. The summed E-state index contributed by atoms with van der Waals surface area (Å²) in [6.45, 7) is 9.06. The third-order valence-corrected chi connectivity index (χ3v) is 3.91. The van der Waals surface area contributed by atoms with Crippen molar-refractivity contribution in [3.8, 4) is 0 Å². The van der Waals surface area contributed by atoms with Gasteiger partial charge in [0.05, 0.1) is 11.2 Å². The van der Waals surface area contributed by atoms with E-state index in [-0.39, 0.29) is 11.2 Å². The normalized spacial score (nSPS) is 20.6. The van der Waals surface area contributed by atoms with E-state index in [0.717, 1.165) is 0 Å². The van der Waals surface area contributed by atoms with Gasteiger partial charge in [-0.25, -0.2) is 4.39 Å². The van der Waals surface area contributed by atoms with Gasteiger partial charge in [0.2, 0.25) is 0 Å². The van der Waals surface area contributed by atoms with Crippen molar-refractivity contribution < 1.29 is 18.5 Å². The highest BCUT2D eigenvalue weighted by Gasteiger charge is 2.52. The molecule has 1 aromatic rings. The van der Waals surface area contributed by atoms with Crippen LogP contribution in [0.1, 0.15) is 45.0 Å². The van der Waals surface area contributed by atoms with Crippen LogP contribution in [-0.2, 0) is 9.31 Å². The first-order chi connectivity index (χ1) is 8.64. The Hall–Kier alpha value is -1.20. The Morgan fingerprint density at radius 2 is 1.68 bits per heavy atom.